The first kappa shape index (κ1) is 11.0. The number of hydrogen-bond donors (Lipinski definition) is 1. The highest BCUT2D eigenvalue weighted by Gasteiger charge is 2.11. The quantitative estimate of drug-likeness (QED) is 0.752. The van der Waals surface area contributed by atoms with Crippen molar-refractivity contribution in [1.29, 1.82) is 0 Å². The summed E-state index contributed by atoms with van der Waals surface area (Å²) in [5.41, 5.74) is 0.875. The van der Waals surface area contributed by atoms with E-state index in [1.54, 1.807) is 0 Å². The molecule has 0 aliphatic heterocycles. The molecule has 0 unspecified atom stereocenters. The molecule has 0 fully saturated rings. The van der Waals surface area contributed by atoms with Gasteiger partial charge in [-0.2, -0.15) is 0 Å². The molecule has 3 nitrogen and oxygen atoms in total. The summed E-state index contributed by atoms with van der Waals surface area (Å²) >= 11 is 0. The SMILES string of the molecule is CC(C)(C)Oc1ccc(CON)cc1. The zero-order chi connectivity index (χ0) is 10.6. The van der Waals surface area contributed by atoms with Crippen LogP contribution in [0.1, 0.15) is 26.3 Å². The van der Waals surface area contributed by atoms with Crippen molar-refractivity contribution in [2.75, 3.05) is 0 Å². The first-order valence-electron chi connectivity index (χ1n) is 4.61. The Bertz CT molecular complexity index is 274. The lowest BCUT2D eigenvalue weighted by Crippen LogP contribution is -2.22. The van der Waals surface area contributed by atoms with Gasteiger partial charge in [-0.25, -0.2) is 5.90 Å². The minimum absolute atomic E-state index is 0.161. The zero-order valence-electron chi connectivity index (χ0n) is 8.91. The predicted molar refractivity (Wildman–Crippen MR) is 55.8 cm³/mol. The molecule has 0 spiro atoms. The van der Waals surface area contributed by atoms with Crippen molar-refractivity contribution < 1.29 is 9.57 Å². The van der Waals surface area contributed by atoms with Crippen LogP contribution in [0.15, 0.2) is 24.3 Å². The van der Waals surface area contributed by atoms with Crippen LogP contribution < -0.4 is 10.6 Å². The molecule has 0 saturated carbocycles. The maximum atomic E-state index is 5.66. The number of benzene rings is 1. The lowest BCUT2D eigenvalue weighted by Gasteiger charge is -2.21. The first-order valence-corrected chi connectivity index (χ1v) is 4.61. The third-order valence-corrected chi connectivity index (χ3v) is 1.60. The van der Waals surface area contributed by atoms with E-state index in [4.69, 9.17) is 10.6 Å². The van der Waals surface area contributed by atoms with E-state index in [2.05, 4.69) is 4.84 Å². The average Bonchev–Trinajstić information content (AvgIpc) is 2.06. The summed E-state index contributed by atoms with van der Waals surface area (Å²) in [5.74, 6) is 5.83. The van der Waals surface area contributed by atoms with E-state index in [-0.39, 0.29) is 5.60 Å². The second-order valence-corrected chi connectivity index (χ2v) is 4.17. The minimum Gasteiger partial charge on any atom is -0.488 e. The van der Waals surface area contributed by atoms with Gasteiger partial charge in [-0.05, 0) is 38.5 Å². The van der Waals surface area contributed by atoms with E-state index >= 15 is 0 Å². The summed E-state index contributed by atoms with van der Waals surface area (Å²) in [6, 6.07) is 7.71. The third kappa shape index (κ3) is 3.77. The average molecular weight is 195 g/mol. The van der Waals surface area contributed by atoms with E-state index in [0.717, 1.165) is 11.3 Å². The molecule has 78 valence electrons. The molecular weight excluding hydrogens is 178 g/mol. The second kappa shape index (κ2) is 4.44. The predicted octanol–water partition coefficient (Wildman–Crippen LogP) is 2.25. The smallest absolute Gasteiger partial charge is 0.120 e. The summed E-state index contributed by atoms with van der Waals surface area (Å²) in [4.78, 5) is 4.53. The maximum Gasteiger partial charge on any atom is 0.120 e. The Kier molecular flexibility index (Phi) is 3.49. The van der Waals surface area contributed by atoms with Gasteiger partial charge in [0.2, 0.25) is 0 Å². The highest BCUT2D eigenvalue weighted by molar-refractivity contribution is 5.27. The molecule has 0 aliphatic carbocycles. The summed E-state index contributed by atoms with van der Waals surface area (Å²) < 4.78 is 5.66. The van der Waals surface area contributed by atoms with Gasteiger partial charge >= 0.3 is 0 Å². The molecule has 0 aromatic heterocycles. The topological polar surface area (TPSA) is 44.5 Å². The molecule has 14 heavy (non-hydrogen) atoms. The van der Waals surface area contributed by atoms with Crippen LogP contribution in [0.2, 0.25) is 0 Å². The summed E-state index contributed by atoms with van der Waals surface area (Å²) in [5, 5.41) is 0. The van der Waals surface area contributed by atoms with Gasteiger partial charge < -0.3 is 4.74 Å². The fourth-order valence-electron chi connectivity index (χ4n) is 1.10. The normalized spacial score (nSPS) is 11.4. The Hall–Kier alpha value is -1.06. The Morgan fingerprint density at radius 1 is 1.14 bits per heavy atom. The van der Waals surface area contributed by atoms with Crippen LogP contribution in [0.3, 0.4) is 0 Å². The summed E-state index contributed by atoms with van der Waals surface area (Å²) in [7, 11) is 0. The van der Waals surface area contributed by atoms with E-state index < -0.39 is 0 Å². The fraction of sp³-hybridized carbons (Fsp3) is 0.455. The highest BCUT2D eigenvalue weighted by Crippen LogP contribution is 2.18. The van der Waals surface area contributed by atoms with E-state index in [1.807, 2.05) is 45.0 Å². The minimum atomic E-state index is -0.161. The van der Waals surface area contributed by atoms with Gasteiger partial charge in [-0.3, -0.25) is 4.84 Å². The van der Waals surface area contributed by atoms with Crippen LogP contribution in [-0.2, 0) is 11.4 Å². The van der Waals surface area contributed by atoms with Crippen LogP contribution in [0, 0.1) is 0 Å². The molecule has 0 heterocycles. The highest BCUT2D eigenvalue weighted by atomic mass is 16.6. The Morgan fingerprint density at radius 3 is 2.14 bits per heavy atom. The molecule has 3 heteroatoms. The standard InChI is InChI=1S/C11H17NO2/c1-11(2,3)14-10-6-4-9(5-7-10)8-13-12/h4-7H,8,12H2,1-3H3. The van der Waals surface area contributed by atoms with Crippen molar-refractivity contribution in [3.05, 3.63) is 29.8 Å². The van der Waals surface area contributed by atoms with E-state index in [0.29, 0.717) is 6.61 Å². The number of ether oxygens (including phenoxy) is 1. The lowest BCUT2D eigenvalue weighted by atomic mass is 10.2. The van der Waals surface area contributed by atoms with Crippen LogP contribution in [-0.4, -0.2) is 5.60 Å². The molecule has 1 aromatic rings. The lowest BCUT2D eigenvalue weighted by molar-refractivity contribution is 0.123. The Labute approximate surface area is 84.8 Å². The monoisotopic (exact) mass is 195 g/mol. The first-order chi connectivity index (χ1) is 6.51. The van der Waals surface area contributed by atoms with Gasteiger partial charge in [0.05, 0.1) is 6.61 Å². The third-order valence-electron chi connectivity index (χ3n) is 1.60. The van der Waals surface area contributed by atoms with Gasteiger partial charge in [0, 0.05) is 0 Å². The van der Waals surface area contributed by atoms with Crippen molar-refractivity contribution in [3.8, 4) is 5.75 Å². The molecule has 1 rings (SSSR count). The van der Waals surface area contributed by atoms with Gasteiger partial charge in [-0.15, -0.1) is 0 Å². The maximum absolute atomic E-state index is 5.66. The molecule has 0 saturated heterocycles. The summed E-state index contributed by atoms with van der Waals surface area (Å²) in [6.07, 6.45) is 0. The van der Waals surface area contributed by atoms with Gasteiger partial charge in [0.1, 0.15) is 11.4 Å². The number of hydrogen-bond acceptors (Lipinski definition) is 3. The fourth-order valence-corrected chi connectivity index (χ4v) is 1.10. The molecule has 0 bridgehead atoms. The molecule has 0 radical (unpaired) electrons. The second-order valence-electron chi connectivity index (χ2n) is 4.17. The molecule has 0 amide bonds. The number of rotatable bonds is 3. The van der Waals surface area contributed by atoms with Gasteiger partial charge in [0.15, 0.2) is 0 Å². The molecular formula is C11H17NO2. The molecule has 2 N–H and O–H groups in total. The summed E-state index contributed by atoms with van der Waals surface area (Å²) in [6.45, 7) is 6.48. The molecule has 0 atom stereocenters. The van der Waals surface area contributed by atoms with Crippen LogP contribution in [0.25, 0.3) is 0 Å². The van der Waals surface area contributed by atoms with Crippen molar-refractivity contribution in [2.45, 2.75) is 33.0 Å². The van der Waals surface area contributed by atoms with Crippen molar-refractivity contribution in [1.82, 2.24) is 0 Å². The Morgan fingerprint density at radius 2 is 1.71 bits per heavy atom. The van der Waals surface area contributed by atoms with E-state index in [1.165, 1.54) is 0 Å². The van der Waals surface area contributed by atoms with Crippen molar-refractivity contribution >= 4 is 0 Å². The van der Waals surface area contributed by atoms with Gasteiger partial charge in [0.25, 0.3) is 0 Å². The van der Waals surface area contributed by atoms with E-state index in [9.17, 15) is 0 Å². The van der Waals surface area contributed by atoms with Crippen LogP contribution in [0.4, 0.5) is 0 Å². The molecule has 1 aromatic carbocycles. The van der Waals surface area contributed by atoms with Gasteiger partial charge in [-0.1, -0.05) is 12.1 Å². The van der Waals surface area contributed by atoms with Crippen molar-refractivity contribution in [3.63, 3.8) is 0 Å². The van der Waals surface area contributed by atoms with Crippen LogP contribution >= 0.6 is 0 Å². The largest absolute Gasteiger partial charge is 0.488 e. The molecule has 0 aliphatic rings. The van der Waals surface area contributed by atoms with Crippen molar-refractivity contribution in [2.24, 2.45) is 5.90 Å². The van der Waals surface area contributed by atoms with Crippen LogP contribution in [0.5, 0.6) is 5.75 Å². The zero-order valence-corrected chi connectivity index (χ0v) is 8.91. The Balaban J connectivity index is 2.64. The number of nitrogens with two attached hydrogens (primary N) is 1.